The smallest absolute Gasteiger partial charge is 0.240 e. The average Bonchev–Trinajstić information content (AvgIpc) is 3.22. The molecule has 6 nitrogen and oxygen atoms in total. The van der Waals surface area contributed by atoms with E-state index >= 15 is 0 Å². The van der Waals surface area contributed by atoms with E-state index in [1.54, 1.807) is 29.8 Å². The first-order valence-corrected chi connectivity index (χ1v) is 8.93. The lowest BCUT2D eigenvalue weighted by atomic mass is 10.2. The summed E-state index contributed by atoms with van der Waals surface area (Å²) in [5, 5.41) is 0. The minimum atomic E-state index is -3.45. The summed E-state index contributed by atoms with van der Waals surface area (Å²) >= 11 is 0. The van der Waals surface area contributed by atoms with Crippen LogP contribution in [0.15, 0.2) is 18.5 Å². The molecule has 1 saturated carbocycles. The molecule has 0 N–H and O–H groups in total. The van der Waals surface area contributed by atoms with E-state index in [2.05, 4.69) is 9.97 Å². The Morgan fingerprint density at radius 3 is 2.57 bits per heavy atom. The zero-order valence-electron chi connectivity index (χ0n) is 12.5. The summed E-state index contributed by atoms with van der Waals surface area (Å²) in [6.07, 6.45) is 7.24. The summed E-state index contributed by atoms with van der Waals surface area (Å²) < 4.78 is 28.9. The van der Waals surface area contributed by atoms with Gasteiger partial charge in [0.1, 0.15) is 5.82 Å². The molecular weight excluding hydrogens is 288 g/mol. The molecule has 0 amide bonds. The van der Waals surface area contributed by atoms with Gasteiger partial charge in [0.25, 0.3) is 10.2 Å². The lowest BCUT2D eigenvalue weighted by Crippen LogP contribution is -2.46. The molecule has 7 heteroatoms. The molecule has 1 saturated heterocycles. The van der Waals surface area contributed by atoms with Crippen molar-refractivity contribution in [2.24, 2.45) is 5.92 Å². The van der Waals surface area contributed by atoms with Crippen LogP contribution in [0, 0.1) is 5.92 Å². The van der Waals surface area contributed by atoms with E-state index in [4.69, 9.17) is 0 Å². The van der Waals surface area contributed by atoms with Crippen LogP contribution in [0.25, 0.3) is 0 Å². The summed E-state index contributed by atoms with van der Waals surface area (Å²) in [4.78, 5) is 8.48. The summed E-state index contributed by atoms with van der Waals surface area (Å²) in [7, 11) is -1.76. The van der Waals surface area contributed by atoms with Crippen molar-refractivity contribution in [3.63, 3.8) is 0 Å². The molecule has 2 aliphatic rings. The third kappa shape index (κ3) is 2.82. The van der Waals surface area contributed by atoms with Gasteiger partial charge in [-0.1, -0.05) is 0 Å². The lowest BCUT2D eigenvalue weighted by molar-refractivity contribution is 0.297. The molecule has 1 aromatic rings. The predicted molar refractivity (Wildman–Crippen MR) is 79.6 cm³/mol. The molecule has 116 valence electrons. The van der Waals surface area contributed by atoms with E-state index < -0.39 is 10.2 Å². The summed E-state index contributed by atoms with van der Waals surface area (Å²) in [6, 6.07) is 1.58. The van der Waals surface area contributed by atoms with Crippen molar-refractivity contribution in [1.29, 1.82) is 0 Å². The van der Waals surface area contributed by atoms with Gasteiger partial charge < -0.3 is 0 Å². The first kappa shape index (κ1) is 14.9. The van der Waals surface area contributed by atoms with Crippen LogP contribution >= 0.6 is 0 Å². The number of hydrogen-bond donors (Lipinski definition) is 0. The highest BCUT2D eigenvalue weighted by Gasteiger charge is 2.43. The number of nitrogens with zero attached hydrogens (tertiary/aromatic N) is 4. The van der Waals surface area contributed by atoms with Crippen molar-refractivity contribution >= 4 is 10.2 Å². The van der Waals surface area contributed by atoms with Crippen molar-refractivity contribution < 1.29 is 8.42 Å². The van der Waals surface area contributed by atoms with Gasteiger partial charge in [0.15, 0.2) is 0 Å². The largest absolute Gasteiger partial charge is 0.282 e. The highest BCUT2D eigenvalue weighted by molar-refractivity contribution is 7.86. The molecule has 2 heterocycles. The number of hydrogen-bond acceptors (Lipinski definition) is 4. The maximum absolute atomic E-state index is 12.9. The van der Waals surface area contributed by atoms with Crippen LogP contribution in [0.1, 0.15) is 44.5 Å². The Labute approximate surface area is 126 Å². The van der Waals surface area contributed by atoms with Crippen LogP contribution in [0.5, 0.6) is 0 Å². The van der Waals surface area contributed by atoms with Crippen molar-refractivity contribution in [1.82, 2.24) is 18.6 Å². The van der Waals surface area contributed by atoms with Crippen molar-refractivity contribution in [3.8, 4) is 0 Å². The lowest BCUT2D eigenvalue weighted by Gasteiger charge is -2.31. The fourth-order valence-corrected chi connectivity index (χ4v) is 4.81. The SMILES string of the molecule is CC(C1CC1)N(C)S(=O)(=O)N1CCCC1c1ncccn1. The first-order chi connectivity index (χ1) is 10.0. The van der Waals surface area contributed by atoms with E-state index in [0.717, 1.165) is 25.7 Å². The average molecular weight is 310 g/mol. The Bertz CT molecular complexity index is 588. The van der Waals surface area contributed by atoms with Crippen LogP contribution in [0.4, 0.5) is 0 Å². The van der Waals surface area contributed by atoms with E-state index in [-0.39, 0.29) is 12.1 Å². The zero-order valence-corrected chi connectivity index (χ0v) is 13.3. The van der Waals surface area contributed by atoms with Gasteiger partial charge in [-0.3, -0.25) is 0 Å². The van der Waals surface area contributed by atoms with Crippen LogP contribution < -0.4 is 0 Å². The molecule has 1 aliphatic carbocycles. The fourth-order valence-electron chi connectivity index (χ4n) is 3.01. The standard InChI is InChI=1S/C14H22N4O2S/c1-11(12-6-7-12)17(2)21(19,20)18-10-3-5-13(18)14-15-8-4-9-16-14/h4,8-9,11-13H,3,5-7,10H2,1-2H3. The molecule has 3 rings (SSSR count). The van der Waals surface area contributed by atoms with Gasteiger partial charge in [-0.25, -0.2) is 9.97 Å². The van der Waals surface area contributed by atoms with Gasteiger partial charge in [-0.05, 0) is 44.6 Å². The number of aromatic nitrogens is 2. The van der Waals surface area contributed by atoms with Gasteiger partial charge in [-0.2, -0.15) is 17.0 Å². The van der Waals surface area contributed by atoms with Gasteiger partial charge >= 0.3 is 0 Å². The van der Waals surface area contributed by atoms with Crippen LogP contribution in [0.3, 0.4) is 0 Å². The van der Waals surface area contributed by atoms with Gasteiger partial charge in [0, 0.05) is 32.0 Å². The minimum Gasteiger partial charge on any atom is -0.240 e. The quantitative estimate of drug-likeness (QED) is 0.828. The molecule has 2 unspecified atom stereocenters. The Balaban J connectivity index is 1.83. The van der Waals surface area contributed by atoms with Gasteiger partial charge in [-0.15, -0.1) is 0 Å². The Morgan fingerprint density at radius 2 is 1.95 bits per heavy atom. The number of rotatable bonds is 5. The summed E-state index contributed by atoms with van der Waals surface area (Å²) in [5.41, 5.74) is 0. The minimum absolute atomic E-state index is 0.0629. The monoisotopic (exact) mass is 310 g/mol. The molecular formula is C14H22N4O2S. The second-order valence-corrected chi connectivity index (χ2v) is 7.92. The van der Waals surface area contributed by atoms with Gasteiger partial charge in [0.05, 0.1) is 6.04 Å². The van der Waals surface area contributed by atoms with Crippen molar-refractivity contribution in [3.05, 3.63) is 24.3 Å². The van der Waals surface area contributed by atoms with Gasteiger partial charge in [0.2, 0.25) is 0 Å². The molecule has 1 aliphatic heterocycles. The zero-order chi connectivity index (χ0) is 15.0. The van der Waals surface area contributed by atoms with E-state index in [0.29, 0.717) is 18.3 Å². The second-order valence-electron chi connectivity index (χ2n) is 5.98. The van der Waals surface area contributed by atoms with Crippen LogP contribution in [-0.2, 0) is 10.2 Å². The van der Waals surface area contributed by atoms with E-state index in [9.17, 15) is 8.42 Å². The van der Waals surface area contributed by atoms with Crippen molar-refractivity contribution in [2.75, 3.05) is 13.6 Å². The molecule has 0 aromatic carbocycles. The maximum atomic E-state index is 12.9. The van der Waals surface area contributed by atoms with Crippen molar-refractivity contribution in [2.45, 2.75) is 44.7 Å². The first-order valence-electron chi connectivity index (χ1n) is 7.53. The topological polar surface area (TPSA) is 66.4 Å². The molecule has 2 fully saturated rings. The molecule has 1 aromatic heterocycles. The Hall–Kier alpha value is -1.05. The molecule has 2 atom stereocenters. The summed E-state index contributed by atoms with van der Waals surface area (Å²) in [6.45, 7) is 2.55. The maximum Gasteiger partial charge on any atom is 0.282 e. The normalized spacial score (nSPS) is 25.4. The molecule has 0 radical (unpaired) electrons. The van der Waals surface area contributed by atoms with Crippen LogP contribution in [-0.4, -0.2) is 46.6 Å². The highest BCUT2D eigenvalue weighted by atomic mass is 32.2. The van der Waals surface area contributed by atoms with E-state index in [1.807, 2.05) is 6.92 Å². The molecule has 21 heavy (non-hydrogen) atoms. The highest BCUT2D eigenvalue weighted by Crippen LogP contribution is 2.38. The second kappa shape index (κ2) is 5.62. The van der Waals surface area contributed by atoms with E-state index in [1.165, 1.54) is 4.31 Å². The van der Waals surface area contributed by atoms with Crippen LogP contribution in [0.2, 0.25) is 0 Å². The Morgan fingerprint density at radius 1 is 1.29 bits per heavy atom. The fraction of sp³-hybridized carbons (Fsp3) is 0.714. The third-order valence-corrected chi connectivity index (χ3v) is 6.72. The summed E-state index contributed by atoms with van der Waals surface area (Å²) in [5.74, 6) is 1.12. The predicted octanol–water partition coefficient (Wildman–Crippen LogP) is 1.59. The molecule has 0 spiro atoms. The third-order valence-electron chi connectivity index (χ3n) is 4.63. The molecule has 0 bridgehead atoms. The Kier molecular flexibility index (Phi) is 3.98.